The summed E-state index contributed by atoms with van der Waals surface area (Å²) in [5.41, 5.74) is 2.21. The maximum absolute atomic E-state index is 13.7. The summed E-state index contributed by atoms with van der Waals surface area (Å²) in [6, 6.07) is 13.2. The Morgan fingerprint density at radius 3 is 2.16 bits per heavy atom. The third-order valence-corrected chi connectivity index (χ3v) is 4.26. The number of nitrogens with one attached hydrogen (secondary N) is 2. The van der Waals surface area contributed by atoms with Crippen molar-refractivity contribution < 1.29 is 32.7 Å². The van der Waals surface area contributed by atoms with Crippen molar-refractivity contribution in [2.45, 2.75) is 51.4 Å². The van der Waals surface area contributed by atoms with Gasteiger partial charge in [-0.3, -0.25) is 9.63 Å². The van der Waals surface area contributed by atoms with Crippen LogP contribution >= 0.6 is 0 Å². The first kappa shape index (κ1) is 25.1. The third kappa shape index (κ3) is 8.14. The molecule has 0 saturated heterocycles. The normalized spacial score (nSPS) is 13.2. The standard InChI is InChI=1S/C23H28F2N2O5/c1-23(2,3)31-22(29)27-32-18(14-15-8-6-5-7-9-15)21(28)26-19(20(24)25)16-10-12-17(30-4)13-11-16/h5-13,18-20H,14H2,1-4H3,(H,26,28)(H,27,29). The Labute approximate surface area is 186 Å². The zero-order chi connectivity index (χ0) is 23.7. The third-order valence-electron chi connectivity index (χ3n) is 4.26. The number of alkyl halides is 2. The van der Waals surface area contributed by atoms with E-state index in [9.17, 15) is 18.4 Å². The second-order valence-corrected chi connectivity index (χ2v) is 7.99. The van der Waals surface area contributed by atoms with E-state index >= 15 is 0 Å². The molecule has 2 unspecified atom stereocenters. The molecule has 2 rings (SSSR count). The molecule has 7 nitrogen and oxygen atoms in total. The van der Waals surface area contributed by atoms with Crippen LogP contribution in [0.2, 0.25) is 0 Å². The SMILES string of the molecule is COc1ccc(C(NC(=O)C(Cc2ccccc2)ONC(=O)OC(C)(C)C)C(F)F)cc1. The fraction of sp³-hybridized carbons (Fsp3) is 0.391. The highest BCUT2D eigenvalue weighted by Gasteiger charge is 2.30. The van der Waals surface area contributed by atoms with Gasteiger partial charge in [0.05, 0.1) is 7.11 Å². The molecule has 0 bridgehead atoms. The monoisotopic (exact) mass is 450 g/mol. The summed E-state index contributed by atoms with van der Waals surface area (Å²) in [7, 11) is 1.46. The van der Waals surface area contributed by atoms with E-state index in [0.29, 0.717) is 5.75 Å². The van der Waals surface area contributed by atoms with Gasteiger partial charge in [-0.1, -0.05) is 42.5 Å². The van der Waals surface area contributed by atoms with Gasteiger partial charge in [-0.25, -0.2) is 13.6 Å². The fourth-order valence-corrected chi connectivity index (χ4v) is 2.78. The van der Waals surface area contributed by atoms with Crippen molar-refractivity contribution in [3.63, 3.8) is 0 Å². The first-order valence-corrected chi connectivity index (χ1v) is 10.00. The highest BCUT2D eigenvalue weighted by atomic mass is 19.3. The molecule has 2 aromatic rings. The van der Waals surface area contributed by atoms with Gasteiger partial charge in [0.15, 0.2) is 6.10 Å². The predicted molar refractivity (Wildman–Crippen MR) is 114 cm³/mol. The molecule has 0 aliphatic heterocycles. The molecule has 0 radical (unpaired) electrons. The maximum atomic E-state index is 13.7. The molecule has 174 valence electrons. The number of methoxy groups -OCH3 is 1. The fourth-order valence-electron chi connectivity index (χ4n) is 2.78. The average molecular weight is 450 g/mol. The summed E-state index contributed by atoms with van der Waals surface area (Å²) in [5.74, 6) is -0.314. The van der Waals surface area contributed by atoms with E-state index in [2.05, 4.69) is 10.8 Å². The Hall–Kier alpha value is -3.20. The Bertz CT molecular complexity index is 870. The lowest BCUT2D eigenvalue weighted by atomic mass is 10.0. The van der Waals surface area contributed by atoms with Crippen LogP contribution in [0.3, 0.4) is 0 Å². The number of hydroxylamine groups is 1. The number of hydrogen-bond acceptors (Lipinski definition) is 5. The number of carbonyl (C=O) groups is 2. The van der Waals surface area contributed by atoms with Crippen molar-refractivity contribution in [1.82, 2.24) is 10.8 Å². The van der Waals surface area contributed by atoms with Crippen molar-refractivity contribution in [2.24, 2.45) is 0 Å². The second-order valence-electron chi connectivity index (χ2n) is 7.99. The molecule has 2 N–H and O–H groups in total. The van der Waals surface area contributed by atoms with Gasteiger partial charge >= 0.3 is 6.09 Å². The van der Waals surface area contributed by atoms with Crippen LogP contribution in [0.1, 0.15) is 37.9 Å². The molecule has 2 aromatic carbocycles. The predicted octanol–water partition coefficient (Wildman–Crippen LogP) is 4.19. The van der Waals surface area contributed by atoms with Crippen molar-refractivity contribution in [2.75, 3.05) is 7.11 Å². The first-order chi connectivity index (χ1) is 15.1. The van der Waals surface area contributed by atoms with Gasteiger partial charge in [0.1, 0.15) is 17.4 Å². The van der Waals surface area contributed by atoms with Crippen molar-refractivity contribution in [3.8, 4) is 5.75 Å². The van der Waals surface area contributed by atoms with Crippen LogP contribution in [-0.2, 0) is 20.8 Å². The summed E-state index contributed by atoms with van der Waals surface area (Å²) in [5, 5.41) is 2.32. The molecular formula is C23H28F2N2O5. The van der Waals surface area contributed by atoms with Crippen LogP contribution in [0.4, 0.5) is 13.6 Å². The van der Waals surface area contributed by atoms with Gasteiger partial charge in [0, 0.05) is 6.42 Å². The summed E-state index contributed by atoms with van der Waals surface area (Å²) in [4.78, 5) is 30.1. The molecule has 32 heavy (non-hydrogen) atoms. The first-order valence-electron chi connectivity index (χ1n) is 10.00. The lowest BCUT2D eigenvalue weighted by Gasteiger charge is -2.24. The number of carbonyl (C=O) groups excluding carboxylic acids is 2. The largest absolute Gasteiger partial charge is 0.497 e. The molecule has 9 heteroatoms. The molecule has 2 atom stereocenters. The number of ether oxygens (including phenoxy) is 2. The van der Waals surface area contributed by atoms with Gasteiger partial charge < -0.3 is 14.8 Å². The summed E-state index contributed by atoms with van der Waals surface area (Å²) in [6.45, 7) is 5.01. The number of halogens is 2. The summed E-state index contributed by atoms with van der Waals surface area (Å²) < 4.78 is 37.6. The smallest absolute Gasteiger partial charge is 0.431 e. The average Bonchev–Trinajstić information content (AvgIpc) is 2.74. The quantitative estimate of drug-likeness (QED) is 0.560. The number of benzene rings is 2. The van der Waals surface area contributed by atoms with E-state index in [1.807, 2.05) is 0 Å². The van der Waals surface area contributed by atoms with Gasteiger partial charge in [0.2, 0.25) is 0 Å². The molecule has 0 fully saturated rings. The van der Waals surface area contributed by atoms with Gasteiger partial charge in [-0.2, -0.15) is 5.48 Å². The van der Waals surface area contributed by atoms with Crippen LogP contribution in [0.25, 0.3) is 0 Å². The van der Waals surface area contributed by atoms with Crippen molar-refractivity contribution in [3.05, 3.63) is 65.7 Å². The van der Waals surface area contributed by atoms with Gasteiger partial charge in [0.25, 0.3) is 12.3 Å². The van der Waals surface area contributed by atoms with E-state index < -0.39 is 36.2 Å². The second kappa shape index (κ2) is 11.4. The Morgan fingerprint density at radius 2 is 1.62 bits per heavy atom. The minimum absolute atomic E-state index is 0.0427. The number of amides is 2. The van der Waals surface area contributed by atoms with Crippen LogP contribution in [0.15, 0.2) is 54.6 Å². The van der Waals surface area contributed by atoms with Gasteiger partial charge in [-0.15, -0.1) is 0 Å². The topological polar surface area (TPSA) is 85.9 Å². The van der Waals surface area contributed by atoms with Gasteiger partial charge in [-0.05, 0) is 44.0 Å². The maximum Gasteiger partial charge on any atom is 0.431 e. The highest BCUT2D eigenvalue weighted by molar-refractivity contribution is 5.82. The molecule has 0 saturated carbocycles. The van der Waals surface area contributed by atoms with Crippen molar-refractivity contribution >= 4 is 12.0 Å². The Morgan fingerprint density at radius 1 is 1.00 bits per heavy atom. The molecule has 2 amide bonds. The summed E-state index contributed by atoms with van der Waals surface area (Å²) >= 11 is 0. The van der Waals surface area contributed by atoms with Crippen LogP contribution in [-0.4, -0.2) is 37.2 Å². The minimum atomic E-state index is -2.87. The molecule has 0 spiro atoms. The van der Waals surface area contributed by atoms with E-state index in [0.717, 1.165) is 5.56 Å². The Balaban J connectivity index is 2.15. The summed E-state index contributed by atoms with van der Waals surface area (Å²) in [6.07, 6.45) is -5.00. The van der Waals surface area contributed by atoms with Crippen molar-refractivity contribution in [1.29, 1.82) is 0 Å². The van der Waals surface area contributed by atoms with E-state index in [1.165, 1.54) is 31.4 Å². The van der Waals surface area contributed by atoms with Crippen LogP contribution < -0.4 is 15.5 Å². The lowest BCUT2D eigenvalue weighted by Crippen LogP contribution is -2.45. The van der Waals surface area contributed by atoms with Crippen LogP contribution in [0.5, 0.6) is 5.75 Å². The molecule has 0 aromatic heterocycles. The molecular weight excluding hydrogens is 422 g/mol. The molecule has 0 aliphatic rings. The highest BCUT2D eigenvalue weighted by Crippen LogP contribution is 2.23. The Kier molecular flexibility index (Phi) is 8.95. The molecule has 0 aliphatic carbocycles. The zero-order valence-corrected chi connectivity index (χ0v) is 18.4. The van der Waals surface area contributed by atoms with E-state index in [4.69, 9.17) is 14.3 Å². The van der Waals surface area contributed by atoms with E-state index in [1.54, 1.807) is 51.1 Å². The zero-order valence-electron chi connectivity index (χ0n) is 18.4. The van der Waals surface area contributed by atoms with E-state index in [-0.39, 0.29) is 12.0 Å². The lowest BCUT2D eigenvalue weighted by molar-refractivity contribution is -0.139. The number of hydrogen-bond donors (Lipinski definition) is 2. The van der Waals surface area contributed by atoms with Crippen LogP contribution in [0, 0.1) is 0 Å². The number of rotatable bonds is 9. The molecule has 0 heterocycles. The minimum Gasteiger partial charge on any atom is -0.497 e.